The second kappa shape index (κ2) is 11.2. The van der Waals surface area contributed by atoms with Gasteiger partial charge in [0, 0.05) is 12.1 Å². The molecule has 0 bridgehead atoms. The fraction of sp³-hybridized carbons (Fsp3) is 0.400. The number of ether oxygens (including phenoxy) is 2. The Morgan fingerprint density at radius 3 is 2.53 bits per heavy atom. The first kappa shape index (κ1) is 24.0. The lowest BCUT2D eigenvalue weighted by Gasteiger charge is -2.30. The quantitative estimate of drug-likeness (QED) is 0.527. The molecule has 0 aliphatic carbocycles. The molecule has 2 N–H and O–H groups in total. The third-order valence-electron chi connectivity index (χ3n) is 5.30. The van der Waals surface area contributed by atoms with Crippen molar-refractivity contribution in [3.8, 4) is 11.5 Å². The zero-order valence-electron chi connectivity index (χ0n) is 19.2. The maximum absolute atomic E-state index is 12.6. The van der Waals surface area contributed by atoms with Gasteiger partial charge in [-0.1, -0.05) is 23.7 Å². The van der Waals surface area contributed by atoms with Crippen LogP contribution in [-0.2, 0) is 4.79 Å². The summed E-state index contributed by atoms with van der Waals surface area (Å²) in [7, 11) is 3.71. The number of carbonyl (C=O) groups is 1. The van der Waals surface area contributed by atoms with Crippen LogP contribution in [0.15, 0.2) is 42.5 Å². The number of carbonyl (C=O) groups excluding carboxylic acids is 1. The molecular weight excluding hydrogens is 426 g/mol. The predicted molar refractivity (Wildman–Crippen MR) is 132 cm³/mol. The predicted octanol–water partition coefficient (Wildman–Crippen LogP) is 5.29. The van der Waals surface area contributed by atoms with E-state index in [1.807, 2.05) is 38.1 Å². The van der Waals surface area contributed by atoms with E-state index in [2.05, 4.69) is 22.6 Å². The molecule has 0 radical (unpaired) electrons. The van der Waals surface area contributed by atoms with E-state index >= 15 is 0 Å². The van der Waals surface area contributed by atoms with Crippen LogP contribution >= 0.6 is 11.6 Å². The van der Waals surface area contributed by atoms with E-state index in [4.69, 9.17) is 21.1 Å². The van der Waals surface area contributed by atoms with Crippen LogP contribution in [0.4, 0.5) is 11.4 Å². The molecule has 0 unspecified atom stereocenters. The molecule has 7 heteroatoms. The maximum Gasteiger partial charge on any atom is 0.248 e. The highest BCUT2D eigenvalue weighted by Gasteiger charge is 2.17. The van der Waals surface area contributed by atoms with Gasteiger partial charge in [0.05, 0.1) is 29.6 Å². The molecule has 0 atom stereocenters. The van der Waals surface area contributed by atoms with Crippen molar-refractivity contribution in [2.75, 3.05) is 37.9 Å². The van der Waals surface area contributed by atoms with Crippen LogP contribution in [0.25, 0.3) is 6.08 Å². The van der Waals surface area contributed by atoms with E-state index in [0.717, 1.165) is 42.9 Å². The van der Waals surface area contributed by atoms with Crippen molar-refractivity contribution in [2.45, 2.75) is 38.8 Å². The molecule has 1 heterocycles. The zero-order valence-corrected chi connectivity index (χ0v) is 19.9. The number of nitrogens with one attached hydrogen (secondary N) is 2. The standard InChI is InChI=1S/C25H32ClN3O3/c1-17(2)32-25-20(26)15-18(16-23(25)31-4)9-10-24(30)28-22-8-6-5-7-21(22)27-19-11-13-29(3)14-12-19/h5-10,15-17,19,27H,11-14H2,1-4H3,(H,28,30)/b10-9+. The zero-order chi connectivity index (χ0) is 23.1. The lowest BCUT2D eigenvalue weighted by molar-refractivity contribution is -0.111. The number of para-hydroxylation sites is 2. The highest BCUT2D eigenvalue weighted by Crippen LogP contribution is 2.37. The van der Waals surface area contributed by atoms with Gasteiger partial charge in [0.25, 0.3) is 0 Å². The summed E-state index contributed by atoms with van der Waals surface area (Å²) in [4.78, 5) is 14.9. The van der Waals surface area contributed by atoms with Crippen LogP contribution < -0.4 is 20.1 Å². The van der Waals surface area contributed by atoms with E-state index < -0.39 is 0 Å². The summed E-state index contributed by atoms with van der Waals surface area (Å²) in [6.07, 6.45) is 5.32. The van der Waals surface area contributed by atoms with Gasteiger partial charge in [-0.05, 0) is 82.7 Å². The number of amides is 1. The molecule has 2 aromatic carbocycles. The molecule has 2 aromatic rings. The third kappa shape index (κ3) is 6.65. The van der Waals surface area contributed by atoms with Crippen molar-refractivity contribution < 1.29 is 14.3 Å². The second-order valence-corrected chi connectivity index (χ2v) is 8.70. The van der Waals surface area contributed by atoms with Gasteiger partial charge < -0.3 is 25.0 Å². The molecule has 1 amide bonds. The van der Waals surface area contributed by atoms with E-state index in [1.165, 1.54) is 6.08 Å². The van der Waals surface area contributed by atoms with Gasteiger partial charge in [0.15, 0.2) is 11.5 Å². The first-order valence-corrected chi connectivity index (χ1v) is 11.3. The van der Waals surface area contributed by atoms with E-state index in [9.17, 15) is 4.79 Å². The summed E-state index contributed by atoms with van der Waals surface area (Å²) < 4.78 is 11.1. The molecule has 0 aromatic heterocycles. The van der Waals surface area contributed by atoms with Crippen LogP contribution in [0.2, 0.25) is 5.02 Å². The number of methoxy groups -OCH3 is 1. The molecule has 1 saturated heterocycles. The number of hydrogen-bond donors (Lipinski definition) is 2. The Labute approximate surface area is 195 Å². The van der Waals surface area contributed by atoms with Crippen LogP contribution in [-0.4, -0.2) is 50.2 Å². The largest absolute Gasteiger partial charge is 0.493 e. The van der Waals surface area contributed by atoms with Crippen molar-refractivity contribution >= 4 is 35.0 Å². The summed E-state index contributed by atoms with van der Waals surface area (Å²) >= 11 is 6.37. The summed E-state index contributed by atoms with van der Waals surface area (Å²) in [5, 5.41) is 6.99. The lowest BCUT2D eigenvalue weighted by Crippen LogP contribution is -2.36. The second-order valence-electron chi connectivity index (χ2n) is 8.29. The minimum absolute atomic E-state index is 0.0308. The Bertz CT molecular complexity index is 953. The highest BCUT2D eigenvalue weighted by molar-refractivity contribution is 6.32. The molecule has 0 spiro atoms. The van der Waals surface area contributed by atoms with Gasteiger partial charge in [0.2, 0.25) is 5.91 Å². The number of benzene rings is 2. The van der Waals surface area contributed by atoms with Crippen molar-refractivity contribution in [3.63, 3.8) is 0 Å². The number of halogens is 1. The summed E-state index contributed by atoms with van der Waals surface area (Å²) in [6.45, 7) is 5.99. The number of hydrogen-bond acceptors (Lipinski definition) is 5. The van der Waals surface area contributed by atoms with Gasteiger partial charge in [-0.15, -0.1) is 0 Å². The van der Waals surface area contributed by atoms with Gasteiger partial charge in [0.1, 0.15) is 0 Å². The lowest BCUT2D eigenvalue weighted by atomic mass is 10.0. The van der Waals surface area contributed by atoms with Crippen LogP contribution in [0.5, 0.6) is 11.5 Å². The average Bonchev–Trinajstić information content (AvgIpc) is 2.76. The molecule has 172 valence electrons. The molecule has 6 nitrogen and oxygen atoms in total. The monoisotopic (exact) mass is 457 g/mol. The summed E-state index contributed by atoms with van der Waals surface area (Å²) in [6, 6.07) is 11.7. The Kier molecular flexibility index (Phi) is 8.42. The number of rotatable bonds is 8. The minimum atomic E-state index is -0.222. The van der Waals surface area contributed by atoms with E-state index in [0.29, 0.717) is 22.6 Å². The number of likely N-dealkylation sites (tertiary alicyclic amines) is 1. The van der Waals surface area contributed by atoms with Crippen molar-refractivity contribution in [2.24, 2.45) is 0 Å². The molecule has 3 rings (SSSR count). The smallest absolute Gasteiger partial charge is 0.248 e. The van der Waals surface area contributed by atoms with Crippen LogP contribution in [0, 0.1) is 0 Å². The first-order valence-electron chi connectivity index (χ1n) is 10.9. The van der Waals surface area contributed by atoms with E-state index in [-0.39, 0.29) is 12.0 Å². The Balaban J connectivity index is 1.68. The summed E-state index contributed by atoms with van der Waals surface area (Å²) in [5.41, 5.74) is 2.44. The normalized spacial score (nSPS) is 15.2. The van der Waals surface area contributed by atoms with Gasteiger partial charge >= 0.3 is 0 Å². The maximum atomic E-state index is 12.6. The molecular formula is C25H32ClN3O3. The molecule has 32 heavy (non-hydrogen) atoms. The van der Waals surface area contributed by atoms with Crippen molar-refractivity contribution in [1.29, 1.82) is 0 Å². The minimum Gasteiger partial charge on any atom is -0.493 e. The fourth-order valence-electron chi connectivity index (χ4n) is 3.62. The fourth-order valence-corrected chi connectivity index (χ4v) is 3.89. The van der Waals surface area contributed by atoms with Crippen molar-refractivity contribution in [1.82, 2.24) is 4.90 Å². The highest BCUT2D eigenvalue weighted by atomic mass is 35.5. The SMILES string of the molecule is COc1cc(/C=C/C(=O)Nc2ccccc2NC2CCN(C)CC2)cc(Cl)c1OC(C)C. The van der Waals surface area contributed by atoms with Gasteiger partial charge in [-0.2, -0.15) is 0 Å². The molecule has 1 aliphatic heterocycles. The Morgan fingerprint density at radius 1 is 1.19 bits per heavy atom. The van der Waals surface area contributed by atoms with Gasteiger partial charge in [-0.25, -0.2) is 0 Å². The van der Waals surface area contributed by atoms with Crippen LogP contribution in [0.3, 0.4) is 0 Å². The average molecular weight is 458 g/mol. The third-order valence-corrected chi connectivity index (χ3v) is 5.58. The Hall–Kier alpha value is -2.70. The number of piperidine rings is 1. The number of anilines is 2. The van der Waals surface area contributed by atoms with Crippen LogP contribution in [0.1, 0.15) is 32.3 Å². The first-order chi connectivity index (χ1) is 15.4. The molecule has 1 fully saturated rings. The van der Waals surface area contributed by atoms with Gasteiger partial charge in [-0.3, -0.25) is 4.79 Å². The van der Waals surface area contributed by atoms with Crippen molar-refractivity contribution in [3.05, 3.63) is 53.1 Å². The topological polar surface area (TPSA) is 62.8 Å². The van der Waals surface area contributed by atoms with E-state index in [1.54, 1.807) is 25.3 Å². The molecule has 0 saturated carbocycles. The summed E-state index contributed by atoms with van der Waals surface area (Å²) in [5.74, 6) is 0.804. The molecule has 1 aliphatic rings. The number of nitrogens with zero attached hydrogens (tertiary/aromatic N) is 1. The Morgan fingerprint density at radius 2 is 1.88 bits per heavy atom.